The fourth-order valence-corrected chi connectivity index (χ4v) is 0.999. The van der Waals surface area contributed by atoms with E-state index < -0.39 is 11.9 Å². The van der Waals surface area contributed by atoms with Gasteiger partial charge in [-0.3, -0.25) is 0 Å². The highest BCUT2D eigenvalue weighted by Crippen LogP contribution is 1.98. The summed E-state index contributed by atoms with van der Waals surface area (Å²) < 4.78 is 9.33. The van der Waals surface area contributed by atoms with Crippen LogP contribution in [0.25, 0.3) is 0 Å². The van der Waals surface area contributed by atoms with E-state index in [0.29, 0.717) is 6.61 Å². The monoisotopic (exact) mass is 226 g/mol. The molecule has 4 heteroatoms. The van der Waals surface area contributed by atoms with E-state index in [2.05, 4.69) is 17.6 Å². The van der Waals surface area contributed by atoms with Crippen molar-refractivity contribution in [2.24, 2.45) is 0 Å². The molecule has 0 spiro atoms. The van der Waals surface area contributed by atoms with Crippen LogP contribution in [0.1, 0.15) is 39.5 Å². The van der Waals surface area contributed by atoms with Crippen LogP contribution in [0.4, 0.5) is 0 Å². The molecule has 0 aliphatic rings. The minimum absolute atomic E-state index is 0.250. The van der Waals surface area contributed by atoms with Crippen LogP contribution in [0, 0.1) is 11.8 Å². The second-order valence-electron chi connectivity index (χ2n) is 3.17. The zero-order chi connectivity index (χ0) is 12.2. The number of hydrogen-bond acceptors (Lipinski definition) is 4. The maximum atomic E-state index is 11.0. The predicted octanol–water partition coefficient (Wildman–Crippen LogP) is 1.68. The Morgan fingerprint density at radius 3 is 2.12 bits per heavy atom. The van der Waals surface area contributed by atoms with E-state index in [1.807, 2.05) is 5.92 Å². The van der Waals surface area contributed by atoms with Gasteiger partial charge in [0.1, 0.15) is 0 Å². The first kappa shape index (κ1) is 14.5. The molecule has 0 saturated heterocycles. The third-order valence-corrected chi connectivity index (χ3v) is 1.77. The smallest absolute Gasteiger partial charge is 0.384 e. The van der Waals surface area contributed by atoms with Gasteiger partial charge in [0.15, 0.2) is 0 Å². The Bertz CT molecular complexity index is 272. The molecular formula is C12H18O4. The molecule has 0 rings (SSSR count). The molecule has 16 heavy (non-hydrogen) atoms. The fraction of sp³-hybridized carbons (Fsp3) is 0.667. The molecule has 0 heterocycles. The lowest BCUT2D eigenvalue weighted by molar-refractivity contribution is -0.138. The van der Waals surface area contributed by atoms with Crippen molar-refractivity contribution in [1.29, 1.82) is 0 Å². The van der Waals surface area contributed by atoms with Crippen molar-refractivity contribution in [1.82, 2.24) is 0 Å². The lowest BCUT2D eigenvalue weighted by atomic mass is 10.2. The highest BCUT2D eigenvalue weighted by molar-refractivity contribution is 5.98. The van der Waals surface area contributed by atoms with Crippen molar-refractivity contribution in [2.75, 3.05) is 13.2 Å². The first-order valence-corrected chi connectivity index (χ1v) is 5.56. The average Bonchev–Trinajstić information content (AvgIpc) is 2.26. The average molecular weight is 226 g/mol. The lowest BCUT2D eigenvalue weighted by Crippen LogP contribution is -2.05. The summed E-state index contributed by atoms with van der Waals surface area (Å²) in [6.07, 6.45) is 4.14. The van der Waals surface area contributed by atoms with Gasteiger partial charge in [-0.2, -0.15) is 0 Å². The molecule has 90 valence electrons. The predicted molar refractivity (Wildman–Crippen MR) is 59.5 cm³/mol. The highest BCUT2D eigenvalue weighted by Gasteiger charge is 1.98. The summed E-state index contributed by atoms with van der Waals surface area (Å²) in [6.45, 7) is 4.39. The largest absolute Gasteiger partial charge is 0.456 e. The van der Waals surface area contributed by atoms with Gasteiger partial charge in [-0.05, 0) is 13.3 Å². The summed E-state index contributed by atoms with van der Waals surface area (Å²) >= 11 is 0. The molecule has 0 saturated carbocycles. The third-order valence-electron chi connectivity index (χ3n) is 1.77. The second-order valence-corrected chi connectivity index (χ2v) is 3.17. The maximum absolute atomic E-state index is 11.0. The molecule has 0 radical (unpaired) electrons. The van der Waals surface area contributed by atoms with Crippen molar-refractivity contribution < 1.29 is 19.1 Å². The number of hydrogen-bond donors (Lipinski definition) is 0. The third kappa shape index (κ3) is 9.07. The molecule has 0 aromatic heterocycles. The van der Waals surface area contributed by atoms with Gasteiger partial charge in [0.25, 0.3) is 0 Å². The summed E-state index contributed by atoms with van der Waals surface area (Å²) in [4.78, 5) is 21.7. The Morgan fingerprint density at radius 1 is 0.938 bits per heavy atom. The van der Waals surface area contributed by atoms with E-state index in [4.69, 9.17) is 4.74 Å². The van der Waals surface area contributed by atoms with Crippen molar-refractivity contribution in [2.45, 2.75) is 39.5 Å². The molecule has 0 fully saturated rings. The Morgan fingerprint density at radius 2 is 1.56 bits per heavy atom. The normalized spacial score (nSPS) is 8.88. The molecule has 0 aliphatic carbocycles. The minimum Gasteiger partial charge on any atom is -0.456 e. The van der Waals surface area contributed by atoms with Gasteiger partial charge >= 0.3 is 11.9 Å². The molecule has 4 nitrogen and oxygen atoms in total. The van der Waals surface area contributed by atoms with E-state index in [-0.39, 0.29) is 6.61 Å². The van der Waals surface area contributed by atoms with Crippen molar-refractivity contribution in [3.05, 3.63) is 0 Å². The van der Waals surface area contributed by atoms with Crippen LogP contribution in [0.5, 0.6) is 0 Å². The molecule has 0 aliphatic heterocycles. The Balaban J connectivity index is 3.61. The first-order chi connectivity index (χ1) is 7.70. The van der Waals surface area contributed by atoms with Crippen molar-refractivity contribution in [3.63, 3.8) is 0 Å². The van der Waals surface area contributed by atoms with Crippen LogP contribution in [-0.4, -0.2) is 25.2 Å². The second kappa shape index (κ2) is 10.0. The fourth-order valence-electron chi connectivity index (χ4n) is 0.999. The summed E-state index contributed by atoms with van der Waals surface area (Å²) in [6, 6.07) is 0. The van der Waals surface area contributed by atoms with Crippen LogP contribution in [0.2, 0.25) is 0 Å². The highest BCUT2D eigenvalue weighted by atomic mass is 16.5. The first-order valence-electron chi connectivity index (χ1n) is 5.56. The van der Waals surface area contributed by atoms with E-state index >= 15 is 0 Å². The Hall–Kier alpha value is -1.50. The van der Waals surface area contributed by atoms with Crippen LogP contribution >= 0.6 is 0 Å². The maximum Gasteiger partial charge on any atom is 0.384 e. The zero-order valence-electron chi connectivity index (χ0n) is 9.88. The Labute approximate surface area is 96.3 Å². The number of esters is 2. The molecule has 0 amide bonds. The molecule has 0 aromatic rings. The molecule has 0 unspecified atom stereocenters. The van der Waals surface area contributed by atoms with Gasteiger partial charge in [0.05, 0.1) is 13.2 Å². The van der Waals surface area contributed by atoms with E-state index in [1.54, 1.807) is 6.92 Å². The molecule has 0 atom stereocenters. The van der Waals surface area contributed by atoms with Crippen LogP contribution in [0.15, 0.2) is 0 Å². The molecular weight excluding hydrogens is 208 g/mol. The summed E-state index contributed by atoms with van der Waals surface area (Å²) in [5, 5.41) is 0. The quantitative estimate of drug-likeness (QED) is 0.299. The van der Waals surface area contributed by atoms with Gasteiger partial charge in [-0.25, -0.2) is 9.59 Å². The van der Waals surface area contributed by atoms with Crippen LogP contribution in [0.3, 0.4) is 0 Å². The number of unbranched alkanes of at least 4 members (excludes halogenated alkanes) is 3. The van der Waals surface area contributed by atoms with Gasteiger partial charge in [0.2, 0.25) is 0 Å². The van der Waals surface area contributed by atoms with Crippen LogP contribution in [-0.2, 0) is 19.1 Å². The van der Waals surface area contributed by atoms with Gasteiger partial charge in [-0.15, -0.1) is 0 Å². The molecule has 0 aromatic carbocycles. The number of ether oxygens (including phenoxy) is 2. The summed E-state index contributed by atoms with van der Waals surface area (Å²) in [7, 11) is 0. The minimum atomic E-state index is -0.703. The molecule has 0 N–H and O–H groups in total. The SMILES string of the molecule is CCCCCCOC(=O)C#CC(=O)OCC. The van der Waals surface area contributed by atoms with Crippen molar-refractivity contribution in [3.8, 4) is 11.8 Å². The van der Waals surface area contributed by atoms with Gasteiger partial charge in [0, 0.05) is 11.8 Å². The van der Waals surface area contributed by atoms with Gasteiger partial charge in [-0.1, -0.05) is 26.2 Å². The van der Waals surface area contributed by atoms with Crippen LogP contribution < -0.4 is 0 Å². The topological polar surface area (TPSA) is 52.6 Å². The Kier molecular flexibility index (Phi) is 9.09. The standard InChI is InChI=1S/C12H18O4/c1-3-5-6-7-10-16-12(14)9-8-11(13)15-4-2/h3-7,10H2,1-2H3. The van der Waals surface area contributed by atoms with Gasteiger partial charge < -0.3 is 9.47 Å². The van der Waals surface area contributed by atoms with E-state index in [9.17, 15) is 9.59 Å². The number of carbonyl (C=O) groups excluding carboxylic acids is 2. The summed E-state index contributed by atoms with van der Waals surface area (Å²) in [5.41, 5.74) is 0. The number of rotatable bonds is 6. The summed E-state index contributed by atoms with van der Waals surface area (Å²) in [5.74, 6) is 2.74. The molecule has 0 bridgehead atoms. The number of carbonyl (C=O) groups is 2. The van der Waals surface area contributed by atoms with E-state index in [1.165, 1.54) is 0 Å². The van der Waals surface area contributed by atoms with E-state index in [0.717, 1.165) is 25.7 Å². The zero-order valence-corrected chi connectivity index (χ0v) is 9.88. The van der Waals surface area contributed by atoms with Crippen molar-refractivity contribution >= 4 is 11.9 Å². The lowest BCUT2D eigenvalue weighted by Gasteiger charge is -1.99.